The van der Waals surface area contributed by atoms with Crippen molar-refractivity contribution in [2.75, 3.05) is 0 Å². The van der Waals surface area contributed by atoms with Crippen LogP contribution in [0.25, 0.3) is 112 Å². The predicted molar refractivity (Wildman–Crippen MR) is 283 cm³/mol. The lowest BCUT2D eigenvalue weighted by atomic mass is 9.95. The molecular weight excluding hydrogens is 974 g/mol. The summed E-state index contributed by atoms with van der Waals surface area (Å²) in [7, 11) is 0. The van der Waals surface area contributed by atoms with Crippen molar-refractivity contribution in [2.24, 2.45) is 0 Å². The average molecular weight is 1010 g/mol. The molecule has 0 amide bonds. The number of hydrogen-bond donors (Lipinski definition) is 0. The monoisotopic (exact) mass is 1010 g/mol. The molecule has 6 nitrogen and oxygen atoms in total. The zero-order valence-corrected chi connectivity index (χ0v) is 40.0. The molecular formula is C63H37F7N6. The highest BCUT2D eigenvalue weighted by atomic mass is 19.2. The summed E-state index contributed by atoms with van der Waals surface area (Å²) in [6.45, 7) is 1.81. The summed E-state index contributed by atoms with van der Waals surface area (Å²) in [5.41, 5.74) is 9.05. The summed E-state index contributed by atoms with van der Waals surface area (Å²) < 4.78 is 101. The summed E-state index contributed by atoms with van der Waals surface area (Å²) in [6, 6.07) is 51.2. The highest BCUT2D eigenvalue weighted by Gasteiger charge is 2.24. The molecule has 12 aromatic rings. The van der Waals surface area contributed by atoms with Gasteiger partial charge >= 0.3 is 0 Å². The number of aromatic nitrogens is 6. The van der Waals surface area contributed by atoms with E-state index in [2.05, 4.69) is 9.97 Å². The minimum atomic E-state index is -0.762. The smallest absolute Gasteiger partial charge is 0.134 e. The van der Waals surface area contributed by atoms with E-state index in [-0.39, 0.29) is 16.7 Å². The van der Waals surface area contributed by atoms with Gasteiger partial charge in [-0.15, -0.1) is 0 Å². The Morgan fingerprint density at radius 2 is 0.579 bits per heavy atom. The van der Waals surface area contributed by atoms with Crippen LogP contribution in [0.2, 0.25) is 0 Å². The van der Waals surface area contributed by atoms with E-state index in [4.69, 9.17) is 19.9 Å². The first-order valence-electron chi connectivity index (χ1n) is 23.7. The summed E-state index contributed by atoms with van der Waals surface area (Å²) in [6.07, 6.45) is 3.29. The molecule has 0 aliphatic carbocycles. The van der Waals surface area contributed by atoms with E-state index in [1.54, 1.807) is 67.0 Å². The maximum Gasteiger partial charge on any atom is 0.134 e. The van der Waals surface area contributed by atoms with Crippen LogP contribution < -0.4 is 0 Å². The van der Waals surface area contributed by atoms with Gasteiger partial charge in [-0.05, 0) is 79.2 Å². The van der Waals surface area contributed by atoms with Crippen LogP contribution in [0.4, 0.5) is 30.7 Å². The van der Waals surface area contributed by atoms with Gasteiger partial charge in [-0.3, -0.25) is 9.97 Å². The van der Waals surface area contributed by atoms with Crippen LogP contribution >= 0.6 is 0 Å². The molecule has 0 aliphatic heterocycles. The minimum absolute atomic E-state index is 0.128. The van der Waals surface area contributed by atoms with E-state index in [0.717, 1.165) is 34.9 Å². The Labute approximate surface area is 430 Å². The molecule has 0 saturated heterocycles. The molecule has 0 fully saturated rings. The van der Waals surface area contributed by atoms with Gasteiger partial charge in [-0.2, -0.15) is 0 Å². The largest absolute Gasteiger partial charge is 0.255 e. The number of benzene rings is 8. The van der Waals surface area contributed by atoms with E-state index in [1.165, 1.54) is 42.5 Å². The Bertz CT molecular complexity index is 3610. The van der Waals surface area contributed by atoms with Gasteiger partial charge in [0, 0.05) is 86.2 Å². The van der Waals surface area contributed by atoms with Crippen molar-refractivity contribution in [2.45, 2.75) is 6.92 Å². The van der Waals surface area contributed by atoms with Crippen molar-refractivity contribution in [1.29, 1.82) is 0 Å². The summed E-state index contributed by atoms with van der Waals surface area (Å²) in [5, 5.41) is 0. The van der Waals surface area contributed by atoms with Crippen molar-refractivity contribution in [3.8, 4) is 89.8 Å². The van der Waals surface area contributed by atoms with E-state index in [9.17, 15) is 26.3 Å². The fourth-order valence-corrected chi connectivity index (χ4v) is 9.06. The summed E-state index contributed by atoms with van der Waals surface area (Å²) in [4.78, 5) is 28.8. The van der Waals surface area contributed by atoms with Crippen LogP contribution in [0.1, 0.15) is 5.56 Å². The first kappa shape index (κ1) is 48.5. The third-order valence-electron chi connectivity index (χ3n) is 12.6. The average Bonchev–Trinajstić information content (AvgIpc) is 3.46. The number of hydrogen-bond acceptors (Lipinski definition) is 6. The molecule has 0 radical (unpaired) electrons. The van der Waals surface area contributed by atoms with E-state index in [0.29, 0.717) is 84.0 Å². The number of halogens is 7. The molecule has 8 aromatic carbocycles. The van der Waals surface area contributed by atoms with Crippen molar-refractivity contribution >= 4 is 22.1 Å². The van der Waals surface area contributed by atoms with Crippen LogP contribution in [0, 0.1) is 47.6 Å². The maximum absolute atomic E-state index is 15.2. The Morgan fingerprint density at radius 3 is 0.895 bits per heavy atom. The maximum atomic E-state index is 15.2. The van der Waals surface area contributed by atoms with E-state index in [1.807, 2.05) is 85.8 Å². The van der Waals surface area contributed by atoms with Gasteiger partial charge in [0.25, 0.3) is 0 Å². The van der Waals surface area contributed by atoms with Gasteiger partial charge < -0.3 is 0 Å². The molecule has 12 rings (SSSR count). The normalized spacial score (nSPS) is 11.2. The third-order valence-corrected chi connectivity index (χ3v) is 12.6. The highest BCUT2D eigenvalue weighted by molar-refractivity contribution is 6.04. The molecule has 0 unspecified atom stereocenters. The highest BCUT2D eigenvalue weighted by Crippen LogP contribution is 2.42. The molecule has 4 aromatic heterocycles. The molecule has 0 N–H and O–H groups in total. The Kier molecular flexibility index (Phi) is 13.2. The number of nitrogens with zero attached hydrogens (tertiary/aromatic N) is 6. The van der Waals surface area contributed by atoms with Gasteiger partial charge in [0.05, 0.1) is 44.8 Å². The van der Waals surface area contributed by atoms with Crippen molar-refractivity contribution in [3.05, 3.63) is 253 Å². The Morgan fingerprint density at radius 1 is 0.276 bits per heavy atom. The zero-order chi connectivity index (χ0) is 52.5. The molecule has 4 heterocycles. The van der Waals surface area contributed by atoms with E-state index >= 15 is 4.39 Å². The van der Waals surface area contributed by atoms with Gasteiger partial charge in [0.15, 0.2) is 0 Å². The number of aryl methyl sites for hydroxylation is 1. The number of rotatable bonds is 8. The van der Waals surface area contributed by atoms with Crippen LogP contribution in [-0.4, -0.2) is 29.9 Å². The molecule has 0 bridgehead atoms. The summed E-state index contributed by atoms with van der Waals surface area (Å²) in [5.74, 6) is -4.78. The van der Waals surface area contributed by atoms with Crippen molar-refractivity contribution in [3.63, 3.8) is 0 Å². The standard InChI is InChI=1S/C32H18F4N2.C31H19F3N4/c33-21-11-13-23(27(35)17-21)25-15-16-26(24-14-12-22(34)18-28(24)36)32-31(25)37-29(19-7-3-1-4-8-19)30(38-32)20-9-5-2-6-10-20;1-18-8-10-20(24(33)16-18)22-12-13-23(21-11-9-19(32)17-25(21)34)29-28(22)37-30(26-6-2-4-14-35-26)31(38-29)27-7-3-5-15-36-27/h1-18H;2-17H,1H3. The minimum Gasteiger partial charge on any atom is -0.255 e. The molecule has 13 heteroatoms. The molecule has 76 heavy (non-hydrogen) atoms. The number of fused-ring (bicyclic) bond motifs is 2. The second-order valence-corrected chi connectivity index (χ2v) is 17.6. The molecule has 0 aliphatic rings. The lowest BCUT2D eigenvalue weighted by Gasteiger charge is -2.16. The van der Waals surface area contributed by atoms with Crippen LogP contribution in [0.3, 0.4) is 0 Å². The second kappa shape index (κ2) is 20.6. The lowest BCUT2D eigenvalue weighted by Crippen LogP contribution is -2.01. The second-order valence-electron chi connectivity index (χ2n) is 17.6. The molecule has 0 saturated carbocycles. The van der Waals surface area contributed by atoms with E-state index < -0.39 is 40.7 Å². The fraction of sp³-hybridized carbons (Fsp3) is 0.0159. The quantitative estimate of drug-likeness (QED) is 0.141. The summed E-state index contributed by atoms with van der Waals surface area (Å²) >= 11 is 0. The molecule has 0 spiro atoms. The van der Waals surface area contributed by atoms with Crippen LogP contribution in [0.15, 0.2) is 207 Å². The Balaban J connectivity index is 0.000000162. The Hall–Kier alpha value is -9.75. The van der Waals surface area contributed by atoms with Crippen LogP contribution in [0.5, 0.6) is 0 Å². The third kappa shape index (κ3) is 9.53. The number of pyridine rings is 2. The first-order chi connectivity index (χ1) is 37.0. The molecule has 368 valence electrons. The SMILES string of the molecule is Cc1ccc(-c2ccc(-c3ccc(F)cc3F)c3nc(-c4ccccn4)c(-c4ccccn4)nc23)c(F)c1.Fc1ccc(-c2ccc(-c3ccc(F)cc3F)c3nc(-c4ccccc4)c(-c4ccccc4)nc23)c(F)c1. The van der Waals surface area contributed by atoms with Gasteiger partial charge in [-0.1, -0.05) is 109 Å². The molecule has 0 atom stereocenters. The zero-order valence-electron chi connectivity index (χ0n) is 40.0. The topological polar surface area (TPSA) is 77.3 Å². The lowest BCUT2D eigenvalue weighted by molar-refractivity contribution is 0.584. The van der Waals surface area contributed by atoms with Gasteiger partial charge in [0.1, 0.15) is 52.1 Å². The van der Waals surface area contributed by atoms with Crippen LogP contribution in [-0.2, 0) is 0 Å². The predicted octanol–water partition coefficient (Wildman–Crippen LogP) is 16.7. The first-order valence-corrected chi connectivity index (χ1v) is 23.7. The van der Waals surface area contributed by atoms with Gasteiger partial charge in [0.2, 0.25) is 0 Å². The van der Waals surface area contributed by atoms with Crippen molar-refractivity contribution in [1.82, 2.24) is 29.9 Å². The van der Waals surface area contributed by atoms with Crippen molar-refractivity contribution < 1.29 is 30.7 Å². The van der Waals surface area contributed by atoms with Gasteiger partial charge in [-0.25, -0.2) is 50.7 Å². The fourth-order valence-electron chi connectivity index (χ4n) is 9.06.